The number of amides is 1. The van der Waals surface area contributed by atoms with E-state index in [0.717, 1.165) is 16.5 Å². The lowest BCUT2D eigenvalue weighted by molar-refractivity contribution is 0.0939. The molecule has 1 amide bonds. The van der Waals surface area contributed by atoms with Gasteiger partial charge in [-0.15, -0.1) is 0 Å². The van der Waals surface area contributed by atoms with E-state index in [1.807, 2.05) is 76.7 Å². The number of hydrogen-bond donors (Lipinski definition) is 1. The van der Waals surface area contributed by atoms with Crippen molar-refractivity contribution in [2.24, 2.45) is 7.05 Å². The Labute approximate surface area is 160 Å². The number of aryl methyl sites for hydroxylation is 1. The van der Waals surface area contributed by atoms with E-state index in [9.17, 15) is 4.79 Å². The lowest BCUT2D eigenvalue weighted by Gasteiger charge is -2.25. The van der Waals surface area contributed by atoms with Gasteiger partial charge < -0.3 is 14.6 Å². The fourth-order valence-corrected chi connectivity index (χ4v) is 3.41. The largest absolute Gasteiger partial charge is 0.493 e. The number of ether oxygens (including phenoxy) is 1. The minimum atomic E-state index is -0.115. The number of fused-ring (bicyclic) bond motifs is 1. The van der Waals surface area contributed by atoms with Gasteiger partial charge in [-0.05, 0) is 50.0 Å². The number of rotatable bonds is 7. The van der Waals surface area contributed by atoms with E-state index in [1.54, 1.807) is 0 Å². The van der Waals surface area contributed by atoms with Gasteiger partial charge in [0, 0.05) is 25.5 Å². The first-order chi connectivity index (χ1) is 13.0. The van der Waals surface area contributed by atoms with E-state index in [0.29, 0.717) is 24.5 Å². The molecule has 3 rings (SSSR count). The van der Waals surface area contributed by atoms with Crippen LogP contribution in [-0.4, -0.2) is 42.6 Å². The highest BCUT2D eigenvalue weighted by atomic mass is 16.5. The van der Waals surface area contributed by atoms with Gasteiger partial charge >= 0.3 is 0 Å². The van der Waals surface area contributed by atoms with Crippen LogP contribution < -0.4 is 10.1 Å². The summed E-state index contributed by atoms with van der Waals surface area (Å²) in [6.07, 6.45) is 2.02. The summed E-state index contributed by atoms with van der Waals surface area (Å²) in [5.41, 5.74) is 1.75. The van der Waals surface area contributed by atoms with Crippen molar-refractivity contribution in [3.63, 3.8) is 0 Å². The van der Waals surface area contributed by atoms with Gasteiger partial charge in [-0.25, -0.2) is 0 Å². The maximum Gasteiger partial charge on any atom is 0.255 e. The zero-order valence-corrected chi connectivity index (χ0v) is 16.4. The van der Waals surface area contributed by atoms with Crippen molar-refractivity contribution in [2.75, 3.05) is 27.2 Å². The maximum absolute atomic E-state index is 13.1. The van der Waals surface area contributed by atoms with Crippen LogP contribution in [0.1, 0.15) is 29.0 Å². The van der Waals surface area contributed by atoms with E-state index >= 15 is 0 Å². The second kappa shape index (κ2) is 8.27. The van der Waals surface area contributed by atoms with Crippen molar-refractivity contribution in [3.8, 4) is 5.75 Å². The van der Waals surface area contributed by atoms with Crippen LogP contribution in [0.2, 0.25) is 0 Å². The van der Waals surface area contributed by atoms with Gasteiger partial charge in [-0.2, -0.15) is 0 Å². The van der Waals surface area contributed by atoms with Crippen molar-refractivity contribution >= 4 is 16.7 Å². The Balaban J connectivity index is 1.89. The van der Waals surface area contributed by atoms with Crippen molar-refractivity contribution in [1.29, 1.82) is 0 Å². The Morgan fingerprint density at radius 3 is 2.59 bits per heavy atom. The molecule has 0 saturated heterocycles. The summed E-state index contributed by atoms with van der Waals surface area (Å²) in [5.74, 6) is 0.505. The number of carbonyl (C=O) groups excluding carboxylic acids is 1. The molecule has 0 aliphatic heterocycles. The first kappa shape index (κ1) is 19.0. The molecule has 0 spiro atoms. The monoisotopic (exact) mass is 365 g/mol. The molecule has 0 radical (unpaired) electrons. The average Bonchev–Trinajstić information content (AvgIpc) is 3.07. The van der Waals surface area contributed by atoms with Crippen molar-refractivity contribution in [3.05, 3.63) is 66.0 Å². The minimum Gasteiger partial charge on any atom is -0.493 e. The third kappa shape index (κ3) is 3.98. The summed E-state index contributed by atoms with van der Waals surface area (Å²) < 4.78 is 7.82. The van der Waals surface area contributed by atoms with Gasteiger partial charge in [0.1, 0.15) is 5.75 Å². The summed E-state index contributed by atoms with van der Waals surface area (Å²) in [5, 5.41) is 5.04. The first-order valence-corrected chi connectivity index (χ1v) is 9.23. The number of nitrogens with one attached hydrogen (secondary N) is 1. The molecule has 0 aliphatic rings. The highest BCUT2D eigenvalue weighted by molar-refractivity contribution is 6.09. The van der Waals surface area contributed by atoms with Crippen LogP contribution in [-0.2, 0) is 7.05 Å². The third-order valence-corrected chi connectivity index (χ3v) is 4.82. The smallest absolute Gasteiger partial charge is 0.255 e. The standard InChI is InChI=1S/C22H27N3O2/c1-5-27-20-13-12-16-9-6-7-10-17(16)21(20)22(26)23-15-19(24(2)3)18-11-8-14-25(18)4/h6-14,19H,5,15H2,1-4H3,(H,23,26). The van der Waals surface area contributed by atoms with E-state index in [-0.39, 0.29) is 11.9 Å². The first-order valence-electron chi connectivity index (χ1n) is 9.23. The molecular weight excluding hydrogens is 338 g/mol. The van der Waals surface area contributed by atoms with Crippen molar-refractivity contribution in [1.82, 2.24) is 14.8 Å². The second-order valence-corrected chi connectivity index (χ2v) is 6.83. The van der Waals surface area contributed by atoms with Gasteiger partial charge in [0.25, 0.3) is 5.91 Å². The lowest BCUT2D eigenvalue weighted by Crippen LogP contribution is -2.35. The molecule has 3 aromatic rings. The lowest BCUT2D eigenvalue weighted by atomic mass is 10.0. The second-order valence-electron chi connectivity index (χ2n) is 6.83. The van der Waals surface area contributed by atoms with Crippen LogP contribution in [0.3, 0.4) is 0 Å². The Morgan fingerprint density at radius 1 is 1.15 bits per heavy atom. The fourth-order valence-electron chi connectivity index (χ4n) is 3.41. The van der Waals surface area contributed by atoms with Crippen LogP contribution >= 0.6 is 0 Å². The number of hydrogen-bond acceptors (Lipinski definition) is 3. The minimum absolute atomic E-state index is 0.0828. The molecule has 5 heteroatoms. The Morgan fingerprint density at radius 2 is 1.93 bits per heavy atom. The van der Waals surface area contributed by atoms with Crippen LogP contribution in [0.15, 0.2) is 54.7 Å². The van der Waals surface area contributed by atoms with Crippen LogP contribution in [0.4, 0.5) is 0 Å². The number of nitrogens with zero attached hydrogens (tertiary/aromatic N) is 2. The average molecular weight is 365 g/mol. The third-order valence-electron chi connectivity index (χ3n) is 4.82. The topological polar surface area (TPSA) is 46.5 Å². The van der Waals surface area contributed by atoms with Crippen LogP contribution in [0.5, 0.6) is 5.75 Å². The Kier molecular flexibility index (Phi) is 5.81. The van der Waals surface area contributed by atoms with Gasteiger partial charge in [-0.1, -0.05) is 30.3 Å². The van der Waals surface area contributed by atoms with Crippen molar-refractivity contribution < 1.29 is 9.53 Å². The maximum atomic E-state index is 13.1. The number of likely N-dealkylation sites (N-methyl/N-ethyl adjacent to an activating group) is 1. The molecular formula is C22H27N3O2. The van der Waals surface area contributed by atoms with Gasteiger partial charge in [0.05, 0.1) is 18.2 Å². The molecule has 0 fully saturated rings. The zero-order chi connectivity index (χ0) is 19.4. The molecule has 1 aromatic heterocycles. The van der Waals surface area contributed by atoms with E-state index in [2.05, 4.69) is 20.9 Å². The van der Waals surface area contributed by atoms with Gasteiger partial charge in [0.15, 0.2) is 0 Å². The SMILES string of the molecule is CCOc1ccc2ccccc2c1C(=O)NCC(c1cccn1C)N(C)C. The molecule has 0 bridgehead atoms. The zero-order valence-electron chi connectivity index (χ0n) is 16.4. The Bertz CT molecular complexity index is 930. The van der Waals surface area contributed by atoms with E-state index in [4.69, 9.17) is 4.74 Å². The molecule has 0 saturated carbocycles. The number of carbonyl (C=O) groups is 1. The molecule has 1 N–H and O–H groups in total. The molecule has 1 heterocycles. The molecule has 1 unspecified atom stereocenters. The molecule has 5 nitrogen and oxygen atoms in total. The normalized spacial score (nSPS) is 12.3. The number of benzene rings is 2. The van der Waals surface area contributed by atoms with Gasteiger partial charge in [-0.3, -0.25) is 9.69 Å². The number of aromatic nitrogens is 1. The van der Waals surface area contributed by atoms with Crippen LogP contribution in [0, 0.1) is 0 Å². The molecule has 27 heavy (non-hydrogen) atoms. The summed E-state index contributed by atoms with van der Waals surface area (Å²) >= 11 is 0. The summed E-state index contributed by atoms with van der Waals surface area (Å²) in [7, 11) is 6.06. The molecule has 2 aromatic carbocycles. The quantitative estimate of drug-likeness (QED) is 0.696. The van der Waals surface area contributed by atoms with Gasteiger partial charge in [0.2, 0.25) is 0 Å². The molecule has 142 valence electrons. The van der Waals surface area contributed by atoms with Crippen LogP contribution in [0.25, 0.3) is 10.8 Å². The van der Waals surface area contributed by atoms with Crippen molar-refractivity contribution in [2.45, 2.75) is 13.0 Å². The summed E-state index contributed by atoms with van der Waals surface area (Å²) in [4.78, 5) is 15.2. The Hall–Kier alpha value is -2.79. The highest BCUT2D eigenvalue weighted by Crippen LogP contribution is 2.28. The van der Waals surface area contributed by atoms with E-state index in [1.165, 1.54) is 0 Å². The molecule has 0 aliphatic carbocycles. The predicted molar refractivity (Wildman–Crippen MR) is 109 cm³/mol. The van der Waals surface area contributed by atoms with E-state index < -0.39 is 0 Å². The fraction of sp³-hybridized carbons (Fsp3) is 0.318. The summed E-state index contributed by atoms with van der Waals surface area (Å²) in [6.45, 7) is 2.95. The highest BCUT2D eigenvalue weighted by Gasteiger charge is 2.21. The predicted octanol–water partition coefficient (Wildman–Crippen LogP) is 3.61. The summed E-state index contributed by atoms with van der Waals surface area (Å²) in [6, 6.07) is 15.9. The molecule has 1 atom stereocenters.